The molecule has 0 radical (unpaired) electrons. The van der Waals surface area contributed by atoms with E-state index in [1.54, 1.807) is 22.2 Å². The molecule has 1 saturated heterocycles. The van der Waals surface area contributed by atoms with Gasteiger partial charge in [-0.05, 0) is 36.6 Å². The summed E-state index contributed by atoms with van der Waals surface area (Å²) in [4.78, 5) is 37.1. The van der Waals surface area contributed by atoms with Crippen LogP contribution in [0, 0.1) is 0 Å². The standard InChI is InChI=1S/C19H19ClN4O2/c20-9-18(25)24-8-2-4-17(24)15-6-5-14-16(22-15)12-23(19(14)26)11-13-3-1-7-21-10-13/h1,3,5-7,10,17H,2,4,8-9,11-12H2. The maximum absolute atomic E-state index is 12.6. The zero-order valence-corrected chi connectivity index (χ0v) is 15.0. The predicted octanol–water partition coefficient (Wildman–Crippen LogP) is 2.53. The quantitative estimate of drug-likeness (QED) is 0.776. The lowest BCUT2D eigenvalue weighted by Gasteiger charge is -2.23. The van der Waals surface area contributed by atoms with Crippen molar-refractivity contribution in [2.75, 3.05) is 12.4 Å². The Bertz CT molecular complexity index is 843. The molecule has 2 aromatic heterocycles. The summed E-state index contributed by atoms with van der Waals surface area (Å²) in [6.07, 6.45) is 5.30. The largest absolute Gasteiger partial charge is 0.333 e. The van der Waals surface area contributed by atoms with Crippen LogP contribution in [0.3, 0.4) is 0 Å². The lowest BCUT2D eigenvalue weighted by molar-refractivity contribution is -0.129. The Hall–Kier alpha value is -2.47. The van der Waals surface area contributed by atoms with Gasteiger partial charge in [-0.2, -0.15) is 0 Å². The summed E-state index contributed by atoms with van der Waals surface area (Å²) in [6.45, 7) is 1.70. The van der Waals surface area contributed by atoms with E-state index in [4.69, 9.17) is 16.6 Å². The molecule has 0 N–H and O–H groups in total. The Kier molecular flexibility index (Phi) is 4.59. The third-order valence-electron chi connectivity index (χ3n) is 4.98. The summed E-state index contributed by atoms with van der Waals surface area (Å²) in [7, 11) is 0. The van der Waals surface area contributed by atoms with Gasteiger partial charge < -0.3 is 9.80 Å². The summed E-state index contributed by atoms with van der Waals surface area (Å²) in [6, 6.07) is 7.48. The Morgan fingerprint density at radius 1 is 1.31 bits per heavy atom. The van der Waals surface area contributed by atoms with Gasteiger partial charge in [0.1, 0.15) is 5.88 Å². The number of likely N-dealkylation sites (tertiary alicyclic amines) is 1. The highest BCUT2D eigenvalue weighted by Crippen LogP contribution is 2.33. The fraction of sp³-hybridized carbons (Fsp3) is 0.368. The number of amides is 2. The molecule has 0 bridgehead atoms. The smallest absolute Gasteiger partial charge is 0.256 e. The van der Waals surface area contributed by atoms with Gasteiger partial charge in [0.25, 0.3) is 5.91 Å². The van der Waals surface area contributed by atoms with Gasteiger partial charge in [0, 0.05) is 25.5 Å². The van der Waals surface area contributed by atoms with Crippen LogP contribution in [0.5, 0.6) is 0 Å². The molecule has 0 aliphatic carbocycles. The van der Waals surface area contributed by atoms with Crippen LogP contribution < -0.4 is 0 Å². The van der Waals surface area contributed by atoms with Crippen LogP contribution in [-0.2, 0) is 17.9 Å². The van der Waals surface area contributed by atoms with Gasteiger partial charge in [-0.25, -0.2) is 0 Å². The van der Waals surface area contributed by atoms with Gasteiger partial charge in [0.2, 0.25) is 5.91 Å². The first kappa shape index (κ1) is 17.0. The molecular weight excluding hydrogens is 352 g/mol. The van der Waals surface area contributed by atoms with Gasteiger partial charge in [0.15, 0.2) is 0 Å². The minimum absolute atomic E-state index is 0.0111. The van der Waals surface area contributed by atoms with Crippen molar-refractivity contribution >= 4 is 23.4 Å². The Balaban J connectivity index is 1.55. The van der Waals surface area contributed by atoms with Gasteiger partial charge in [-0.3, -0.25) is 19.6 Å². The summed E-state index contributed by atoms with van der Waals surface area (Å²) in [5.41, 5.74) is 3.26. The molecule has 7 heteroatoms. The predicted molar refractivity (Wildman–Crippen MR) is 96.5 cm³/mol. The van der Waals surface area contributed by atoms with Crippen molar-refractivity contribution in [3.63, 3.8) is 0 Å². The number of carbonyl (C=O) groups is 2. The van der Waals surface area contributed by atoms with E-state index in [-0.39, 0.29) is 23.7 Å². The van der Waals surface area contributed by atoms with Gasteiger partial charge in [-0.1, -0.05) is 6.07 Å². The molecule has 1 fully saturated rings. The molecule has 2 aromatic rings. The van der Waals surface area contributed by atoms with E-state index < -0.39 is 0 Å². The fourth-order valence-electron chi connectivity index (χ4n) is 3.73. The number of hydrogen-bond acceptors (Lipinski definition) is 4. The Morgan fingerprint density at radius 2 is 2.19 bits per heavy atom. The number of halogens is 1. The van der Waals surface area contributed by atoms with Crippen LogP contribution in [0.1, 0.15) is 46.2 Å². The first-order chi connectivity index (χ1) is 12.7. The minimum Gasteiger partial charge on any atom is -0.333 e. The van der Waals surface area contributed by atoms with E-state index in [0.29, 0.717) is 25.2 Å². The summed E-state index contributed by atoms with van der Waals surface area (Å²) >= 11 is 5.73. The van der Waals surface area contributed by atoms with Crippen LogP contribution in [-0.4, -0.2) is 44.0 Å². The molecule has 0 spiro atoms. The number of nitrogens with zero attached hydrogens (tertiary/aromatic N) is 4. The molecule has 2 amide bonds. The van der Waals surface area contributed by atoms with Gasteiger partial charge in [-0.15, -0.1) is 11.6 Å². The highest BCUT2D eigenvalue weighted by Gasteiger charge is 2.33. The topological polar surface area (TPSA) is 66.4 Å². The average Bonchev–Trinajstić information content (AvgIpc) is 3.27. The van der Waals surface area contributed by atoms with Crippen LogP contribution in [0.15, 0.2) is 36.7 Å². The molecule has 2 aliphatic rings. The maximum atomic E-state index is 12.6. The number of rotatable bonds is 4. The van der Waals surface area contributed by atoms with Crippen LogP contribution in [0.2, 0.25) is 0 Å². The van der Waals surface area contributed by atoms with E-state index >= 15 is 0 Å². The van der Waals surface area contributed by atoms with E-state index in [1.807, 2.05) is 24.3 Å². The van der Waals surface area contributed by atoms with Crippen molar-refractivity contribution in [3.8, 4) is 0 Å². The molecule has 26 heavy (non-hydrogen) atoms. The zero-order valence-electron chi connectivity index (χ0n) is 14.3. The molecule has 0 saturated carbocycles. The third-order valence-corrected chi connectivity index (χ3v) is 5.21. The van der Waals surface area contributed by atoms with E-state index in [9.17, 15) is 9.59 Å². The third kappa shape index (κ3) is 3.05. The molecule has 2 aliphatic heterocycles. The summed E-state index contributed by atoms with van der Waals surface area (Å²) in [5, 5.41) is 0. The minimum atomic E-state index is -0.0641. The number of hydrogen-bond donors (Lipinski definition) is 0. The van der Waals surface area contributed by atoms with Crippen molar-refractivity contribution in [2.24, 2.45) is 0 Å². The van der Waals surface area contributed by atoms with Gasteiger partial charge in [0.05, 0.1) is 29.5 Å². The maximum Gasteiger partial charge on any atom is 0.256 e. The second-order valence-corrected chi connectivity index (χ2v) is 6.90. The monoisotopic (exact) mass is 370 g/mol. The second kappa shape index (κ2) is 7.03. The summed E-state index contributed by atoms with van der Waals surface area (Å²) in [5.74, 6) is -0.0903. The van der Waals surface area contributed by atoms with E-state index in [2.05, 4.69) is 4.98 Å². The van der Waals surface area contributed by atoms with Gasteiger partial charge >= 0.3 is 0 Å². The van der Waals surface area contributed by atoms with Crippen molar-refractivity contribution in [1.82, 2.24) is 19.8 Å². The molecular formula is C19H19ClN4O2. The van der Waals surface area contributed by atoms with Crippen molar-refractivity contribution < 1.29 is 9.59 Å². The van der Waals surface area contributed by atoms with Crippen LogP contribution in [0.4, 0.5) is 0 Å². The van der Waals surface area contributed by atoms with Crippen molar-refractivity contribution in [3.05, 3.63) is 59.2 Å². The molecule has 4 heterocycles. The number of carbonyl (C=O) groups excluding carboxylic acids is 2. The number of fused-ring (bicyclic) bond motifs is 1. The highest BCUT2D eigenvalue weighted by molar-refractivity contribution is 6.27. The molecule has 1 atom stereocenters. The number of aromatic nitrogens is 2. The zero-order chi connectivity index (χ0) is 18.1. The van der Waals surface area contributed by atoms with E-state index in [0.717, 1.165) is 29.8 Å². The average molecular weight is 371 g/mol. The highest BCUT2D eigenvalue weighted by atomic mass is 35.5. The van der Waals surface area contributed by atoms with Crippen LogP contribution >= 0.6 is 11.6 Å². The molecule has 6 nitrogen and oxygen atoms in total. The normalized spacial score (nSPS) is 19.1. The SMILES string of the molecule is O=C1c2ccc(C3CCCN3C(=O)CCl)nc2CN1Cc1cccnc1. The summed E-state index contributed by atoms with van der Waals surface area (Å²) < 4.78 is 0. The first-order valence-electron chi connectivity index (χ1n) is 8.71. The molecule has 4 rings (SSSR count). The number of pyridine rings is 2. The van der Waals surface area contributed by atoms with Crippen molar-refractivity contribution in [1.29, 1.82) is 0 Å². The molecule has 134 valence electrons. The number of alkyl halides is 1. The lowest BCUT2D eigenvalue weighted by Crippen LogP contribution is -2.31. The lowest BCUT2D eigenvalue weighted by atomic mass is 10.1. The molecule has 0 aromatic carbocycles. The first-order valence-corrected chi connectivity index (χ1v) is 9.24. The second-order valence-electron chi connectivity index (χ2n) is 6.63. The fourth-order valence-corrected chi connectivity index (χ4v) is 3.88. The Labute approximate surface area is 156 Å². The Morgan fingerprint density at radius 3 is 2.96 bits per heavy atom. The van der Waals surface area contributed by atoms with Crippen LogP contribution in [0.25, 0.3) is 0 Å². The molecule has 1 unspecified atom stereocenters. The van der Waals surface area contributed by atoms with E-state index in [1.165, 1.54) is 0 Å². The van der Waals surface area contributed by atoms with Crippen molar-refractivity contribution in [2.45, 2.75) is 32.0 Å².